The van der Waals surface area contributed by atoms with Crippen LogP contribution in [0, 0.1) is 24.0 Å². The number of rotatable bonds is 8. The summed E-state index contributed by atoms with van der Waals surface area (Å²) in [5, 5.41) is 17.9. The number of aryl methyl sites for hydroxylation is 1. The first-order chi connectivity index (χ1) is 12.8. The molecule has 0 fully saturated rings. The van der Waals surface area contributed by atoms with Crippen molar-refractivity contribution in [1.29, 1.82) is 0 Å². The topological polar surface area (TPSA) is 116 Å². The fraction of sp³-hybridized carbons (Fsp3) is 0.389. The molecule has 0 aliphatic rings. The molecule has 1 amide bonds. The van der Waals surface area contributed by atoms with E-state index in [-0.39, 0.29) is 18.2 Å². The fourth-order valence-electron chi connectivity index (χ4n) is 2.55. The van der Waals surface area contributed by atoms with Crippen molar-refractivity contribution < 1.29 is 19.2 Å². The van der Waals surface area contributed by atoms with Gasteiger partial charge in [-0.25, -0.2) is 4.79 Å². The van der Waals surface area contributed by atoms with Gasteiger partial charge in [0, 0.05) is 6.54 Å². The molecule has 2 aromatic rings. The molecule has 1 N–H and O–H groups in total. The van der Waals surface area contributed by atoms with Crippen LogP contribution in [0.5, 0.6) is 0 Å². The molecular weight excluding hydrogens is 352 g/mol. The predicted molar refractivity (Wildman–Crippen MR) is 97.5 cm³/mol. The lowest BCUT2D eigenvalue weighted by molar-refractivity contribution is -0.386. The molecule has 0 aliphatic carbocycles. The molecule has 0 aliphatic heterocycles. The third-order valence-corrected chi connectivity index (χ3v) is 3.95. The Hall–Kier alpha value is -3.23. The molecule has 9 nitrogen and oxygen atoms in total. The minimum Gasteiger partial charge on any atom is -0.452 e. The first-order valence-corrected chi connectivity index (χ1v) is 8.54. The molecular formula is C18H22N4O5. The summed E-state index contributed by atoms with van der Waals surface area (Å²) in [4.78, 5) is 34.1. The van der Waals surface area contributed by atoms with Crippen LogP contribution in [0.4, 0.5) is 5.69 Å². The van der Waals surface area contributed by atoms with Gasteiger partial charge in [-0.05, 0) is 38.0 Å². The normalized spacial score (nSPS) is 10.5. The molecule has 0 radical (unpaired) electrons. The SMILES string of the molecule is CCCNC(=O)COC(=O)c1ccc(Cn2nc(C)c([N+](=O)[O-])c2C)cc1. The molecule has 9 heteroatoms. The van der Waals surface area contributed by atoms with Gasteiger partial charge in [-0.2, -0.15) is 5.10 Å². The molecule has 1 heterocycles. The highest BCUT2D eigenvalue weighted by Gasteiger charge is 2.21. The Morgan fingerprint density at radius 2 is 1.93 bits per heavy atom. The number of benzene rings is 1. The van der Waals surface area contributed by atoms with Crippen LogP contribution < -0.4 is 5.32 Å². The van der Waals surface area contributed by atoms with Crippen LogP contribution >= 0.6 is 0 Å². The standard InChI is InChI=1S/C18H22N4O5/c1-4-9-19-16(23)11-27-18(24)15-7-5-14(6-8-15)10-21-13(3)17(22(25)26)12(2)20-21/h5-8H,4,9-11H2,1-3H3,(H,19,23). The number of carbonyl (C=O) groups is 2. The van der Waals surface area contributed by atoms with E-state index in [0.717, 1.165) is 12.0 Å². The molecule has 2 rings (SSSR count). The highest BCUT2D eigenvalue weighted by molar-refractivity contribution is 5.91. The maximum absolute atomic E-state index is 12.0. The maximum atomic E-state index is 12.0. The second-order valence-electron chi connectivity index (χ2n) is 6.06. The van der Waals surface area contributed by atoms with Gasteiger partial charge in [-0.1, -0.05) is 19.1 Å². The molecule has 0 saturated carbocycles. The molecule has 0 spiro atoms. The first-order valence-electron chi connectivity index (χ1n) is 8.54. The van der Waals surface area contributed by atoms with Gasteiger partial charge >= 0.3 is 11.7 Å². The summed E-state index contributed by atoms with van der Waals surface area (Å²) < 4.78 is 6.52. The van der Waals surface area contributed by atoms with Crippen LogP contribution in [0.3, 0.4) is 0 Å². The zero-order valence-electron chi connectivity index (χ0n) is 15.5. The lowest BCUT2D eigenvalue weighted by Gasteiger charge is -2.07. The van der Waals surface area contributed by atoms with Crippen LogP contribution in [-0.2, 0) is 16.1 Å². The monoisotopic (exact) mass is 374 g/mol. The van der Waals surface area contributed by atoms with Crippen LogP contribution in [0.25, 0.3) is 0 Å². The maximum Gasteiger partial charge on any atom is 0.338 e. The van der Waals surface area contributed by atoms with E-state index in [1.807, 2.05) is 6.92 Å². The van der Waals surface area contributed by atoms with Gasteiger partial charge in [0.25, 0.3) is 5.91 Å². The van der Waals surface area contributed by atoms with Crippen molar-refractivity contribution in [3.8, 4) is 0 Å². The van der Waals surface area contributed by atoms with Crippen LogP contribution in [0.1, 0.15) is 40.7 Å². The number of amides is 1. The molecule has 1 aromatic carbocycles. The second-order valence-corrected chi connectivity index (χ2v) is 6.06. The van der Waals surface area contributed by atoms with E-state index in [1.165, 1.54) is 0 Å². The van der Waals surface area contributed by atoms with E-state index in [2.05, 4.69) is 10.4 Å². The lowest BCUT2D eigenvalue weighted by Crippen LogP contribution is -2.29. The summed E-state index contributed by atoms with van der Waals surface area (Å²) in [7, 11) is 0. The highest BCUT2D eigenvalue weighted by atomic mass is 16.6. The molecule has 27 heavy (non-hydrogen) atoms. The van der Waals surface area contributed by atoms with Gasteiger partial charge in [0.2, 0.25) is 0 Å². The summed E-state index contributed by atoms with van der Waals surface area (Å²) in [5.41, 5.74) is 1.99. The fourth-order valence-corrected chi connectivity index (χ4v) is 2.55. The van der Waals surface area contributed by atoms with Crippen molar-refractivity contribution in [2.45, 2.75) is 33.7 Å². The minimum atomic E-state index is -0.588. The van der Waals surface area contributed by atoms with Gasteiger partial charge < -0.3 is 10.1 Å². The van der Waals surface area contributed by atoms with Crippen molar-refractivity contribution in [1.82, 2.24) is 15.1 Å². The largest absolute Gasteiger partial charge is 0.452 e. The van der Waals surface area contributed by atoms with E-state index in [1.54, 1.807) is 42.8 Å². The van der Waals surface area contributed by atoms with E-state index in [4.69, 9.17) is 4.74 Å². The van der Waals surface area contributed by atoms with Crippen molar-refractivity contribution in [2.75, 3.05) is 13.2 Å². The Kier molecular flexibility index (Phi) is 6.64. The second kappa shape index (κ2) is 8.93. The van der Waals surface area contributed by atoms with E-state index >= 15 is 0 Å². The van der Waals surface area contributed by atoms with Crippen molar-refractivity contribution in [3.05, 3.63) is 56.9 Å². The average molecular weight is 374 g/mol. The molecule has 144 valence electrons. The number of esters is 1. The van der Waals surface area contributed by atoms with E-state index < -0.39 is 10.9 Å². The summed E-state index contributed by atoms with van der Waals surface area (Å²) in [6.45, 7) is 5.73. The number of hydrogen-bond donors (Lipinski definition) is 1. The summed E-state index contributed by atoms with van der Waals surface area (Å²) in [5.74, 6) is -0.928. The molecule has 0 unspecified atom stereocenters. The smallest absolute Gasteiger partial charge is 0.338 e. The number of carbonyl (C=O) groups excluding carboxylic acids is 2. The average Bonchev–Trinajstić information content (AvgIpc) is 2.91. The lowest BCUT2D eigenvalue weighted by atomic mass is 10.1. The van der Waals surface area contributed by atoms with E-state index in [9.17, 15) is 19.7 Å². The number of hydrogen-bond acceptors (Lipinski definition) is 6. The first kappa shape index (κ1) is 20.1. The summed E-state index contributed by atoms with van der Waals surface area (Å²) in [6.07, 6.45) is 0.805. The molecule has 1 aromatic heterocycles. The summed E-state index contributed by atoms with van der Waals surface area (Å²) >= 11 is 0. The predicted octanol–water partition coefficient (Wildman–Crippen LogP) is 2.14. The zero-order chi connectivity index (χ0) is 20.0. The van der Waals surface area contributed by atoms with Crippen molar-refractivity contribution in [3.63, 3.8) is 0 Å². The number of nitrogens with zero attached hydrogens (tertiary/aromatic N) is 3. The van der Waals surface area contributed by atoms with Crippen LogP contribution in [0.15, 0.2) is 24.3 Å². The quantitative estimate of drug-likeness (QED) is 0.430. The summed E-state index contributed by atoms with van der Waals surface area (Å²) in [6, 6.07) is 6.61. The highest BCUT2D eigenvalue weighted by Crippen LogP contribution is 2.22. The van der Waals surface area contributed by atoms with Gasteiger partial charge in [-0.3, -0.25) is 19.6 Å². The number of aromatic nitrogens is 2. The third kappa shape index (κ3) is 5.13. The van der Waals surface area contributed by atoms with Crippen molar-refractivity contribution >= 4 is 17.6 Å². The number of nitrogens with one attached hydrogen (secondary N) is 1. The Labute approximate surface area is 156 Å². The van der Waals surface area contributed by atoms with Crippen LogP contribution in [-0.4, -0.2) is 39.7 Å². The Morgan fingerprint density at radius 1 is 1.26 bits per heavy atom. The minimum absolute atomic E-state index is 0.0107. The van der Waals surface area contributed by atoms with Crippen molar-refractivity contribution in [2.24, 2.45) is 0 Å². The molecule has 0 bridgehead atoms. The number of ether oxygens (including phenoxy) is 1. The zero-order valence-corrected chi connectivity index (χ0v) is 15.5. The Morgan fingerprint density at radius 3 is 2.48 bits per heavy atom. The Bertz CT molecular complexity index is 842. The Balaban J connectivity index is 1.99. The van der Waals surface area contributed by atoms with Crippen LogP contribution in [0.2, 0.25) is 0 Å². The van der Waals surface area contributed by atoms with Gasteiger partial charge in [0.05, 0.1) is 17.0 Å². The van der Waals surface area contributed by atoms with Gasteiger partial charge in [-0.15, -0.1) is 0 Å². The van der Waals surface area contributed by atoms with Gasteiger partial charge in [0.15, 0.2) is 6.61 Å². The van der Waals surface area contributed by atoms with Gasteiger partial charge in [0.1, 0.15) is 11.4 Å². The molecule has 0 atom stereocenters. The molecule has 0 saturated heterocycles. The third-order valence-electron chi connectivity index (χ3n) is 3.95. The number of nitro groups is 1. The van der Waals surface area contributed by atoms with E-state index in [0.29, 0.717) is 30.0 Å².